The molecule has 0 aromatic rings. The van der Waals surface area contributed by atoms with Crippen LogP contribution in [-0.2, 0) is 0 Å². The van der Waals surface area contributed by atoms with Gasteiger partial charge in [-0.1, -0.05) is 0 Å². The minimum absolute atomic E-state index is 0.0773. The first-order valence-electron chi connectivity index (χ1n) is 4.13. The molecule has 0 aromatic carbocycles. The van der Waals surface area contributed by atoms with E-state index in [0.717, 1.165) is 19.3 Å². The third-order valence-electron chi connectivity index (χ3n) is 2.81. The lowest BCUT2D eigenvalue weighted by molar-refractivity contribution is -0.0151. The van der Waals surface area contributed by atoms with E-state index >= 15 is 0 Å². The van der Waals surface area contributed by atoms with Crippen LogP contribution in [0.25, 0.3) is 0 Å². The zero-order valence-corrected chi connectivity index (χ0v) is 7.02. The van der Waals surface area contributed by atoms with Crippen molar-refractivity contribution in [2.45, 2.75) is 24.8 Å². The van der Waals surface area contributed by atoms with E-state index in [1.54, 1.807) is 0 Å². The highest BCUT2D eigenvalue weighted by atomic mass is 19.1. The molecule has 0 atom stereocenters. The lowest BCUT2D eigenvalue weighted by Gasteiger charge is -2.47. The Bertz CT molecular complexity index is 120. The molecule has 0 amide bonds. The van der Waals surface area contributed by atoms with Crippen molar-refractivity contribution in [3.63, 3.8) is 0 Å². The van der Waals surface area contributed by atoms with Crippen molar-refractivity contribution in [3.8, 4) is 0 Å². The van der Waals surface area contributed by atoms with Crippen LogP contribution in [0.3, 0.4) is 0 Å². The highest BCUT2D eigenvalue weighted by molar-refractivity contribution is 4.96. The van der Waals surface area contributed by atoms with Crippen molar-refractivity contribution in [1.82, 2.24) is 4.90 Å². The first-order chi connectivity index (χ1) is 5.25. The van der Waals surface area contributed by atoms with E-state index in [4.69, 9.17) is 5.11 Å². The number of aliphatic hydroxyl groups is 1. The van der Waals surface area contributed by atoms with E-state index in [1.807, 2.05) is 11.9 Å². The van der Waals surface area contributed by atoms with Crippen molar-refractivity contribution in [2.24, 2.45) is 0 Å². The van der Waals surface area contributed by atoms with Crippen LogP contribution in [0.15, 0.2) is 0 Å². The Kier molecular flexibility index (Phi) is 2.84. The van der Waals surface area contributed by atoms with Gasteiger partial charge in [-0.15, -0.1) is 0 Å². The number of nitrogens with zero attached hydrogens (tertiary/aromatic N) is 1. The minimum Gasteiger partial charge on any atom is -0.394 e. The summed E-state index contributed by atoms with van der Waals surface area (Å²) in [6, 6.07) is 0. The molecule has 11 heavy (non-hydrogen) atoms. The molecule has 0 unspecified atom stereocenters. The first-order valence-corrected chi connectivity index (χ1v) is 4.13. The molecule has 1 saturated carbocycles. The molecule has 1 N–H and O–H groups in total. The second-order valence-corrected chi connectivity index (χ2v) is 3.35. The maximum atomic E-state index is 11.9. The summed E-state index contributed by atoms with van der Waals surface area (Å²) in [6.07, 6.45) is 3.19. The number of rotatable bonds is 4. The third kappa shape index (κ3) is 1.54. The lowest BCUT2D eigenvalue weighted by atomic mass is 9.76. The average Bonchev–Trinajstić information content (AvgIpc) is 1.87. The fourth-order valence-corrected chi connectivity index (χ4v) is 1.61. The van der Waals surface area contributed by atoms with E-state index in [-0.39, 0.29) is 18.8 Å². The van der Waals surface area contributed by atoms with Gasteiger partial charge in [0.15, 0.2) is 0 Å². The van der Waals surface area contributed by atoms with Gasteiger partial charge in [-0.2, -0.15) is 0 Å². The molecule has 1 aliphatic rings. The SMILES string of the molecule is CN(CCF)C1(CO)CCC1. The van der Waals surface area contributed by atoms with Crippen LogP contribution in [0.2, 0.25) is 0 Å². The Hall–Kier alpha value is -0.150. The molecule has 1 aliphatic carbocycles. The fraction of sp³-hybridized carbons (Fsp3) is 1.00. The summed E-state index contributed by atoms with van der Waals surface area (Å²) in [7, 11) is 1.88. The standard InChI is InChI=1S/C8H16FNO/c1-10(6-5-9)8(7-11)3-2-4-8/h11H,2-7H2,1H3. The average molecular weight is 161 g/mol. The largest absolute Gasteiger partial charge is 0.394 e. The summed E-state index contributed by atoms with van der Waals surface area (Å²) < 4.78 is 11.9. The zero-order valence-electron chi connectivity index (χ0n) is 7.02. The van der Waals surface area contributed by atoms with E-state index < -0.39 is 0 Å². The van der Waals surface area contributed by atoms with Crippen molar-refractivity contribution in [3.05, 3.63) is 0 Å². The monoisotopic (exact) mass is 161 g/mol. The van der Waals surface area contributed by atoms with Crippen LogP contribution in [0.1, 0.15) is 19.3 Å². The normalized spacial score (nSPS) is 21.8. The smallest absolute Gasteiger partial charge is 0.102 e. The molecule has 0 radical (unpaired) electrons. The van der Waals surface area contributed by atoms with Gasteiger partial charge in [0.25, 0.3) is 0 Å². The summed E-state index contributed by atoms with van der Waals surface area (Å²) in [5.74, 6) is 0. The number of alkyl halides is 1. The minimum atomic E-state index is -0.321. The van der Waals surface area contributed by atoms with Crippen LogP contribution in [0, 0.1) is 0 Å². The Morgan fingerprint density at radius 3 is 2.45 bits per heavy atom. The van der Waals surface area contributed by atoms with Gasteiger partial charge in [-0.3, -0.25) is 4.90 Å². The summed E-state index contributed by atoms with van der Waals surface area (Å²) in [5.41, 5.74) is -0.0773. The van der Waals surface area contributed by atoms with Gasteiger partial charge in [0.1, 0.15) is 6.67 Å². The second-order valence-electron chi connectivity index (χ2n) is 3.35. The zero-order chi connectivity index (χ0) is 8.32. The van der Waals surface area contributed by atoms with E-state index in [2.05, 4.69) is 0 Å². The Morgan fingerprint density at radius 1 is 1.55 bits per heavy atom. The number of hydrogen-bond donors (Lipinski definition) is 1. The van der Waals surface area contributed by atoms with Crippen LogP contribution in [0.5, 0.6) is 0 Å². The number of likely N-dealkylation sites (N-methyl/N-ethyl adjacent to an activating group) is 1. The van der Waals surface area contributed by atoms with Crippen molar-refractivity contribution in [2.75, 3.05) is 26.9 Å². The van der Waals surface area contributed by atoms with Crippen LogP contribution >= 0.6 is 0 Å². The summed E-state index contributed by atoms with van der Waals surface area (Å²) in [4.78, 5) is 1.94. The van der Waals surface area contributed by atoms with Gasteiger partial charge in [0.2, 0.25) is 0 Å². The number of aliphatic hydroxyl groups excluding tert-OH is 1. The molecule has 0 bridgehead atoms. The van der Waals surface area contributed by atoms with Crippen molar-refractivity contribution < 1.29 is 9.50 Å². The molecule has 0 aliphatic heterocycles. The first kappa shape index (κ1) is 8.94. The van der Waals surface area contributed by atoms with Crippen molar-refractivity contribution in [1.29, 1.82) is 0 Å². The van der Waals surface area contributed by atoms with Gasteiger partial charge in [0.05, 0.1) is 6.61 Å². The van der Waals surface area contributed by atoms with Gasteiger partial charge >= 0.3 is 0 Å². The molecule has 3 heteroatoms. The van der Waals surface area contributed by atoms with Crippen LogP contribution in [-0.4, -0.2) is 42.4 Å². The highest BCUT2D eigenvalue weighted by Crippen LogP contribution is 2.36. The predicted molar refractivity (Wildman–Crippen MR) is 42.3 cm³/mol. The van der Waals surface area contributed by atoms with Gasteiger partial charge in [-0.25, -0.2) is 4.39 Å². The van der Waals surface area contributed by atoms with E-state index in [9.17, 15) is 4.39 Å². The summed E-state index contributed by atoms with van der Waals surface area (Å²) >= 11 is 0. The van der Waals surface area contributed by atoms with E-state index in [0.29, 0.717) is 6.54 Å². The molecular formula is C8H16FNO. The van der Waals surface area contributed by atoms with E-state index in [1.165, 1.54) is 0 Å². The fourth-order valence-electron chi connectivity index (χ4n) is 1.61. The molecule has 1 rings (SSSR count). The molecular weight excluding hydrogens is 145 g/mol. The van der Waals surface area contributed by atoms with Crippen molar-refractivity contribution >= 4 is 0 Å². The topological polar surface area (TPSA) is 23.5 Å². The number of hydrogen-bond acceptors (Lipinski definition) is 2. The molecule has 0 spiro atoms. The van der Waals surface area contributed by atoms with Gasteiger partial charge in [-0.05, 0) is 26.3 Å². The van der Waals surface area contributed by atoms with Gasteiger partial charge in [0, 0.05) is 12.1 Å². The maximum absolute atomic E-state index is 11.9. The Morgan fingerprint density at radius 2 is 2.18 bits per heavy atom. The second kappa shape index (κ2) is 3.50. The van der Waals surface area contributed by atoms with Crippen LogP contribution < -0.4 is 0 Å². The summed E-state index contributed by atoms with van der Waals surface area (Å²) in [5, 5.41) is 9.07. The Labute approximate surface area is 67.0 Å². The molecule has 1 fully saturated rings. The molecule has 2 nitrogen and oxygen atoms in total. The highest BCUT2D eigenvalue weighted by Gasteiger charge is 2.39. The molecule has 0 aromatic heterocycles. The predicted octanol–water partition coefficient (Wildman–Crippen LogP) is 0.803. The maximum Gasteiger partial charge on any atom is 0.102 e. The van der Waals surface area contributed by atoms with Gasteiger partial charge < -0.3 is 5.11 Å². The quantitative estimate of drug-likeness (QED) is 0.659. The summed E-state index contributed by atoms with van der Waals surface area (Å²) in [6.45, 7) is 0.294. The van der Waals surface area contributed by atoms with Crippen LogP contribution in [0.4, 0.5) is 4.39 Å². The third-order valence-corrected chi connectivity index (χ3v) is 2.81. The molecule has 0 heterocycles. The lowest BCUT2D eigenvalue weighted by Crippen LogP contribution is -2.55. The molecule has 66 valence electrons. The Balaban J connectivity index is 2.40. The molecule has 0 saturated heterocycles. The number of halogens is 1.